The number of rotatable bonds is 6. The first-order chi connectivity index (χ1) is 7.38. The Labute approximate surface area is 96.0 Å². The Hall–Kier alpha value is -0.250. The third kappa shape index (κ3) is 3.65. The van der Waals surface area contributed by atoms with E-state index in [1.54, 1.807) is 18.7 Å². The van der Waals surface area contributed by atoms with Gasteiger partial charge in [-0.3, -0.25) is 4.90 Å². The Morgan fingerprint density at radius 3 is 2.12 bits per heavy atom. The summed E-state index contributed by atoms with van der Waals surface area (Å²) in [4.78, 5) is 1.69. The average molecular weight is 237 g/mol. The minimum absolute atomic E-state index is 0.181. The molecule has 1 nitrogen and oxygen atoms in total. The van der Waals surface area contributed by atoms with E-state index in [1.165, 1.54) is 0 Å². The van der Waals surface area contributed by atoms with Crippen molar-refractivity contribution >= 4 is 0 Å². The zero-order chi connectivity index (χ0) is 12.3. The van der Waals surface area contributed by atoms with Crippen molar-refractivity contribution in [3.63, 3.8) is 0 Å². The van der Waals surface area contributed by atoms with Gasteiger partial charge in [0.1, 0.15) is 6.04 Å². The lowest BCUT2D eigenvalue weighted by Crippen LogP contribution is -2.50. The van der Waals surface area contributed by atoms with Crippen molar-refractivity contribution in [3.8, 4) is 0 Å². The molecule has 16 heavy (non-hydrogen) atoms. The van der Waals surface area contributed by atoms with Crippen molar-refractivity contribution in [1.29, 1.82) is 0 Å². The van der Waals surface area contributed by atoms with E-state index in [4.69, 9.17) is 0 Å². The lowest BCUT2D eigenvalue weighted by atomic mass is 10.0. The van der Waals surface area contributed by atoms with E-state index >= 15 is 0 Å². The normalized spacial score (nSPS) is 19.5. The first kappa shape index (κ1) is 13.8. The summed E-state index contributed by atoms with van der Waals surface area (Å²) in [6.07, 6.45) is -0.418. The number of unbranched alkanes of at least 4 members (excludes halogenated alkanes) is 1. The second kappa shape index (κ2) is 5.39. The maximum Gasteiger partial charge on any atom is 0.404 e. The molecule has 1 rings (SSSR count). The van der Waals surface area contributed by atoms with E-state index in [2.05, 4.69) is 0 Å². The molecule has 4 heteroatoms. The Bertz CT molecular complexity index is 209. The summed E-state index contributed by atoms with van der Waals surface area (Å²) in [5.41, 5.74) is 0. The fraction of sp³-hybridized carbons (Fsp3) is 1.00. The lowest BCUT2D eigenvalue weighted by Gasteiger charge is -2.35. The van der Waals surface area contributed by atoms with Crippen LogP contribution in [0.2, 0.25) is 0 Å². The van der Waals surface area contributed by atoms with Crippen LogP contribution in [0.4, 0.5) is 13.2 Å². The maximum absolute atomic E-state index is 13.0. The molecule has 0 aliphatic heterocycles. The largest absolute Gasteiger partial charge is 0.404 e. The molecule has 0 amide bonds. The predicted octanol–water partition coefficient (Wildman–Crippen LogP) is 3.84. The number of hydrogen-bond acceptors (Lipinski definition) is 1. The van der Waals surface area contributed by atoms with Crippen molar-refractivity contribution in [3.05, 3.63) is 0 Å². The van der Waals surface area contributed by atoms with Gasteiger partial charge in [-0.15, -0.1) is 0 Å². The van der Waals surface area contributed by atoms with Gasteiger partial charge in [0.25, 0.3) is 0 Å². The molecule has 0 aromatic carbocycles. The fourth-order valence-corrected chi connectivity index (χ4v) is 2.24. The zero-order valence-corrected chi connectivity index (χ0v) is 10.3. The van der Waals surface area contributed by atoms with Crippen LogP contribution in [0.15, 0.2) is 0 Å². The van der Waals surface area contributed by atoms with Crippen LogP contribution in [-0.2, 0) is 0 Å². The molecule has 0 unspecified atom stereocenters. The molecule has 0 aromatic heterocycles. The van der Waals surface area contributed by atoms with Crippen molar-refractivity contribution in [2.45, 2.75) is 64.7 Å². The monoisotopic (exact) mass is 237 g/mol. The maximum atomic E-state index is 13.0. The van der Waals surface area contributed by atoms with Crippen LogP contribution in [0.5, 0.6) is 0 Å². The molecule has 0 bridgehead atoms. The molecule has 0 radical (unpaired) electrons. The summed E-state index contributed by atoms with van der Waals surface area (Å²) < 4.78 is 39.0. The molecular formula is C12H22F3N. The van der Waals surface area contributed by atoms with Crippen molar-refractivity contribution in [2.75, 3.05) is 6.54 Å². The Morgan fingerprint density at radius 2 is 1.81 bits per heavy atom. The first-order valence-corrected chi connectivity index (χ1v) is 6.20. The molecule has 0 saturated heterocycles. The summed E-state index contributed by atoms with van der Waals surface area (Å²) in [6, 6.07) is -1.08. The van der Waals surface area contributed by atoms with Crippen LogP contribution in [0.25, 0.3) is 0 Å². The number of halogens is 3. The second-order valence-electron chi connectivity index (χ2n) is 5.05. The van der Waals surface area contributed by atoms with E-state index in [0.29, 0.717) is 6.54 Å². The lowest BCUT2D eigenvalue weighted by molar-refractivity contribution is -0.196. The fourth-order valence-electron chi connectivity index (χ4n) is 2.24. The molecule has 0 aromatic rings. The predicted molar refractivity (Wildman–Crippen MR) is 59.3 cm³/mol. The highest BCUT2D eigenvalue weighted by molar-refractivity contribution is 4.92. The Morgan fingerprint density at radius 1 is 1.25 bits per heavy atom. The third-order valence-electron chi connectivity index (χ3n) is 3.11. The smallest absolute Gasteiger partial charge is 0.289 e. The van der Waals surface area contributed by atoms with Gasteiger partial charge in [0.05, 0.1) is 0 Å². The third-order valence-corrected chi connectivity index (χ3v) is 3.11. The van der Waals surface area contributed by atoms with Crippen molar-refractivity contribution in [1.82, 2.24) is 4.90 Å². The standard InChI is InChI=1S/C12H22F3N/c1-4-5-8-16(10-6-7-10)11(9(2)3)12(13,14)15/h9-11H,4-8H2,1-3H3/t11-/m1/s1. The topological polar surface area (TPSA) is 3.24 Å². The number of nitrogens with zero attached hydrogens (tertiary/aromatic N) is 1. The SMILES string of the molecule is CCCCN(C1CC1)[C@H](C(C)C)C(F)(F)F. The molecule has 1 saturated carbocycles. The van der Waals surface area contributed by atoms with E-state index < -0.39 is 12.2 Å². The highest BCUT2D eigenvalue weighted by atomic mass is 19.4. The second-order valence-corrected chi connectivity index (χ2v) is 5.05. The summed E-state index contributed by atoms with van der Waals surface area (Å²) in [5, 5.41) is 0. The van der Waals surface area contributed by atoms with Gasteiger partial charge in [-0.2, -0.15) is 13.2 Å². The average Bonchev–Trinajstić information content (AvgIpc) is 2.91. The minimum atomic E-state index is -4.09. The summed E-state index contributed by atoms with van der Waals surface area (Å²) in [7, 11) is 0. The summed E-state index contributed by atoms with van der Waals surface area (Å²) in [5.74, 6) is -0.363. The van der Waals surface area contributed by atoms with Crippen LogP contribution in [0, 0.1) is 5.92 Å². The molecular weight excluding hydrogens is 215 g/mol. The molecule has 1 fully saturated rings. The van der Waals surface area contributed by atoms with E-state index in [1.807, 2.05) is 6.92 Å². The molecule has 0 spiro atoms. The molecule has 0 N–H and O–H groups in total. The quantitative estimate of drug-likeness (QED) is 0.678. The van der Waals surface area contributed by atoms with Crippen LogP contribution in [0.1, 0.15) is 46.5 Å². The highest BCUT2D eigenvalue weighted by Gasteiger charge is 2.48. The number of hydrogen-bond donors (Lipinski definition) is 0. The zero-order valence-electron chi connectivity index (χ0n) is 10.3. The van der Waals surface area contributed by atoms with E-state index in [0.717, 1.165) is 25.7 Å². The van der Waals surface area contributed by atoms with Gasteiger partial charge >= 0.3 is 6.18 Å². The van der Waals surface area contributed by atoms with Gasteiger partial charge in [0.2, 0.25) is 0 Å². The van der Waals surface area contributed by atoms with Gasteiger partial charge in [-0.1, -0.05) is 27.2 Å². The molecule has 1 aliphatic rings. The Balaban J connectivity index is 2.71. The van der Waals surface area contributed by atoms with E-state index in [9.17, 15) is 13.2 Å². The van der Waals surface area contributed by atoms with Crippen molar-refractivity contribution < 1.29 is 13.2 Å². The van der Waals surface area contributed by atoms with Crippen LogP contribution in [-0.4, -0.2) is 29.7 Å². The van der Waals surface area contributed by atoms with Gasteiger partial charge < -0.3 is 0 Å². The number of alkyl halides is 3. The van der Waals surface area contributed by atoms with Gasteiger partial charge in [0, 0.05) is 6.04 Å². The first-order valence-electron chi connectivity index (χ1n) is 6.20. The van der Waals surface area contributed by atoms with Gasteiger partial charge in [-0.25, -0.2) is 0 Å². The Kier molecular flexibility index (Phi) is 4.65. The van der Waals surface area contributed by atoms with Crippen LogP contribution >= 0.6 is 0 Å². The van der Waals surface area contributed by atoms with Gasteiger partial charge in [0.15, 0.2) is 0 Å². The van der Waals surface area contributed by atoms with Gasteiger partial charge in [-0.05, 0) is 31.7 Å². The molecule has 1 atom stereocenters. The van der Waals surface area contributed by atoms with E-state index in [-0.39, 0.29) is 12.0 Å². The summed E-state index contributed by atoms with van der Waals surface area (Å²) in [6.45, 7) is 5.94. The molecule has 1 aliphatic carbocycles. The van der Waals surface area contributed by atoms with Crippen molar-refractivity contribution in [2.24, 2.45) is 5.92 Å². The molecule has 96 valence electrons. The summed E-state index contributed by atoms with van der Waals surface area (Å²) >= 11 is 0. The van der Waals surface area contributed by atoms with Crippen LogP contribution in [0.3, 0.4) is 0 Å². The minimum Gasteiger partial charge on any atom is -0.289 e. The highest BCUT2D eigenvalue weighted by Crippen LogP contribution is 2.37. The van der Waals surface area contributed by atoms with Crippen LogP contribution < -0.4 is 0 Å². The molecule has 0 heterocycles.